The van der Waals surface area contributed by atoms with Crippen LogP contribution in [-0.4, -0.2) is 51.3 Å². The molecule has 0 radical (unpaired) electrons. The number of carbonyl (C=O) groups is 1. The first-order chi connectivity index (χ1) is 15.1. The van der Waals surface area contributed by atoms with Crippen LogP contribution < -0.4 is 20.1 Å². The first-order valence-corrected chi connectivity index (χ1v) is 11.1. The molecular weight excluding hydrogens is 390 g/mol. The second-order valence-electron chi connectivity index (χ2n) is 8.23. The van der Waals surface area contributed by atoms with Gasteiger partial charge in [0.1, 0.15) is 11.5 Å². The number of carbonyl (C=O) groups excluding carboxylic acids is 1. The molecule has 0 saturated carbocycles. The molecule has 2 amide bonds. The van der Waals surface area contributed by atoms with Gasteiger partial charge in [-0.25, -0.2) is 4.79 Å². The second kappa shape index (κ2) is 11.6. The van der Waals surface area contributed by atoms with E-state index in [0.717, 1.165) is 13.0 Å². The summed E-state index contributed by atoms with van der Waals surface area (Å²) in [7, 11) is 3.18. The number of hydrogen-bond donors (Lipinski definition) is 2. The highest BCUT2D eigenvalue weighted by Crippen LogP contribution is 2.26. The average Bonchev–Trinajstić information content (AvgIpc) is 2.80. The summed E-state index contributed by atoms with van der Waals surface area (Å²) in [5, 5.41) is 5.95. The number of ether oxygens (including phenoxy) is 2. The Morgan fingerprint density at radius 3 is 2.26 bits per heavy atom. The Bertz CT molecular complexity index is 810. The van der Waals surface area contributed by atoms with Crippen LogP contribution in [0.2, 0.25) is 0 Å². The van der Waals surface area contributed by atoms with Crippen LogP contribution in [0.5, 0.6) is 11.5 Å². The van der Waals surface area contributed by atoms with Crippen molar-refractivity contribution in [3.8, 4) is 11.5 Å². The lowest BCUT2D eigenvalue weighted by Crippen LogP contribution is -2.35. The lowest BCUT2D eigenvalue weighted by Gasteiger charge is -2.28. The molecule has 6 nitrogen and oxygen atoms in total. The average molecular weight is 426 g/mol. The molecule has 0 aliphatic carbocycles. The number of nitrogens with zero attached hydrogens (tertiary/aromatic N) is 1. The Hall–Kier alpha value is -2.73. The lowest BCUT2D eigenvalue weighted by atomic mass is 9.94. The van der Waals surface area contributed by atoms with Gasteiger partial charge in [0, 0.05) is 36.3 Å². The molecule has 2 aromatic carbocycles. The minimum absolute atomic E-state index is 0.231. The van der Waals surface area contributed by atoms with Crippen LogP contribution in [0.25, 0.3) is 0 Å². The number of aryl methyl sites for hydroxylation is 1. The minimum atomic E-state index is -0.231. The Labute approximate surface area is 185 Å². The minimum Gasteiger partial charge on any atom is -0.497 e. The zero-order valence-electron chi connectivity index (χ0n) is 18.9. The number of anilines is 1. The van der Waals surface area contributed by atoms with Crippen molar-refractivity contribution in [2.24, 2.45) is 0 Å². The molecule has 0 bridgehead atoms. The van der Waals surface area contributed by atoms with E-state index >= 15 is 0 Å². The van der Waals surface area contributed by atoms with E-state index in [1.165, 1.54) is 43.5 Å². The van der Waals surface area contributed by atoms with Crippen molar-refractivity contribution in [3.05, 3.63) is 53.6 Å². The molecule has 0 spiro atoms. The SMILES string of the molecule is COc1cc(NC(=O)NCC(CCN2CCCCC2)c2ccc(C)cc2)cc(OC)c1. The number of urea groups is 1. The van der Waals surface area contributed by atoms with Gasteiger partial charge in [-0.3, -0.25) is 0 Å². The Morgan fingerprint density at radius 1 is 1.00 bits per heavy atom. The summed E-state index contributed by atoms with van der Waals surface area (Å²) in [6.45, 7) is 6.12. The fraction of sp³-hybridized carbons (Fsp3) is 0.480. The number of rotatable bonds is 9. The zero-order valence-corrected chi connectivity index (χ0v) is 18.9. The molecule has 1 heterocycles. The van der Waals surface area contributed by atoms with E-state index in [4.69, 9.17) is 9.47 Å². The molecule has 3 rings (SSSR count). The van der Waals surface area contributed by atoms with E-state index in [2.05, 4.69) is 46.7 Å². The Morgan fingerprint density at radius 2 is 1.65 bits per heavy atom. The summed E-state index contributed by atoms with van der Waals surface area (Å²) in [4.78, 5) is 15.1. The van der Waals surface area contributed by atoms with Crippen LogP contribution in [0.3, 0.4) is 0 Å². The Kier molecular flexibility index (Phi) is 8.59. The highest BCUT2D eigenvalue weighted by atomic mass is 16.5. The van der Waals surface area contributed by atoms with Gasteiger partial charge in [0.05, 0.1) is 14.2 Å². The lowest BCUT2D eigenvalue weighted by molar-refractivity contribution is 0.219. The van der Waals surface area contributed by atoms with Crippen molar-refractivity contribution in [2.75, 3.05) is 45.7 Å². The van der Waals surface area contributed by atoms with Gasteiger partial charge in [0.25, 0.3) is 0 Å². The molecule has 1 saturated heterocycles. The molecule has 1 aliphatic rings. The maximum absolute atomic E-state index is 12.6. The molecule has 6 heteroatoms. The van der Waals surface area contributed by atoms with Crippen molar-refractivity contribution in [1.29, 1.82) is 0 Å². The van der Waals surface area contributed by atoms with Gasteiger partial charge in [-0.2, -0.15) is 0 Å². The number of nitrogens with one attached hydrogen (secondary N) is 2. The van der Waals surface area contributed by atoms with E-state index in [9.17, 15) is 4.79 Å². The number of piperidine rings is 1. The third-order valence-corrected chi connectivity index (χ3v) is 5.91. The van der Waals surface area contributed by atoms with Crippen LogP contribution in [-0.2, 0) is 0 Å². The van der Waals surface area contributed by atoms with Gasteiger partial charge < -0.3 is 25.0 Å². The summed E-state index contributed by atoms with van der Waals surface area (Å²) in [6.07, 6.45) is 4.95. The molecule has 1 atom stereocenters. The number of amides is 2. The topological polar surface area (TPSA) is 62.8 Å². The molecular formula is C25H35N3O3. The van der Waals surface area contributed by atoms with E-state index in [1.807, 2.05) is 0 Å². The van der Waals surface area contributed by atoms with Crippen molar-refractivity contribution < 1.29 is 14.3 Å². The first-order valence-electron chi connectivity index (χ1n) is 11.1. The van der Waals surface area contributed by atoms with E-state index in [1.54, 1.807) is 32.4 Å². The van der Waals surface area contributed by atoms with Crippen LogP contribution in [0.1, 0.15) is 42.7 Å². The zero-order chi connectivity index (χ0) is 22.1. The summed E-state index contributed by atoms with van der Waals surface area (Å²) < 4.78 is 10.6. The van der Waals surface area contributed by atoms with Gasteiger partial charge in [0.2, 0.25) is 0 Å². The van der Waals surface area contributed by atoms with Gasteiger partial charge >= 0.3 is 6.03 Å². The van der Waals surface area contributed by atoms with E-state index in [-0.39, 0.29) is 11.9 Å². The van der Waals surface area contributed by atoms with Crippen molar-refractivity contribution in [3.63, 3.8) is 0 Å². The fourth-order valence-electron chi connectivity index (χ4n) is 4.02. The second-order valence-corrected chi connectivity index (χ2v) is 8.23. The quantitative estimate of drug-likeness (QED) is 0.606. The summed E-state index contributed by atoms with van der Waals surface area (Å²) >= 11 is 0. The monoisotopic (exact) mass is 425 g/mol. The molecule has 1 aliphatic heterocycles. The van der Waals surface area contributed by atoms with Gasteiger partial charge in [-0.15, -0.1) is 0 Å². The highest BCUT2D eigenvalue weighted by molar-refractivity contribution is 5.89. The summed E-state index contributed by atoms with van der Waals surface area (Å²) in [6, 6.07) is 13.7. The van der Waals surface area contributed by atoms with Gasteiger partial charge in [-0.1, -0.05) is 36.2 Å². The largest absolute Gasteiger partial charge is 0.497 e. The molecule has 2 N–H and O–H groups in total. The van der Waals surface area contributed by atoms with Gasteiger partial charge in [0.15, 0.2) is 0 Å². The van der Waals surface area contributed by atoms with E-state index in [0.29, 0.717) is 23.7 Å². The van der Waals surface area contributed by atoms with Gasteiger partial charge in [-0.05, 0) is 51.4 Å². The van der Waals surface area contributed by atoms with Crippen molar-refractivity contribution in [1.82, 2.24) is 10.2 Å². The predicted molar refractivity (Wildman–Crippen MR) is 125 cm³/mol. The smallest absolute Gasteiger partial charge is 0.319 e. The van der Waals surface area contributed by atoms with Crippen LogP contribution in [0.15, 0.2) is 42.5 Å². The molecule has 1 unspecified atom stereocenters. The molecule has 0 aromatic heterocycles. The van der Waals surface area contributed by atoms with E-state index < -0.39 is 0 Å². The molecule has 168 valence electrons. The standard InChI is InChI=1S/C25H35N3O3/c1-19-7-9-20(10-8-19)21(11-14-28-12-5-4-6-13-28)18-26-25(29)27-22-15-23(30-2)17-24(16-22)31-3/h7-10,15-17,21H,4-6,11-14,18H2,1-3H3,(H2,26,27,29). The summed E-state index contributed by atoms with van der Waals surface area (Å²) in [5.74, 6) is 1.54. The third kappa shape index (κ3) is 7.17. The molecule has 1 fully saturated rings. The maximum atomic E-state index is 12.6. The first kappa shape index (κ1) is 22.9. The molecule has 2 aromatic rings. The Balaban J connectivity index is 1.60. The van der Waals surface area contributed by atoms with Crippen molar-refractivity contribution in [2.45, 2.75) is 38.5 Å². The predicted octanol–water partition coefficient (Wildman–Crippen LogP) is 4.79. The van der Waals surface area contributed by atoms with Crippen LogP contribution in [0, 0.1) is 6.92 Å². The number of methoxy groups -OCH3 is 2. The number of hydrogen-bond acceptors (Lipinski definition) is 4. The number of benzene rings is 2. The maximum Gasteiger partial charge on any atom is 0.319 e. The highest BCUT2D eigenvalue weighted by Gasteiger charge is 2.17. The van der Waals surface area contributed by atoms with Crippen LogP contribution in [0.4, 0.5) is 10.5 Å². The normalized spacial score (nSPS) is 15.2. The van der Waals surface area contributed by atoms with Crippen molar-refractivity contribution >= 4 is 11.7 Å². The third-order valence-electron chi connectivity index (χ3n) is 5.91. The molecule has 31 heavy (non-hydrogen) atoms. The van der Waals surface area contributed by atoms with Crippen LogP contribution >= 0.6 is 0 Å². The fourth-order valence-corrected chi connectivity index (χ4v) is 4.02. The number of likely N-dealkylation sites (tertiary alicyclic amines) is 1. The summed E-state index contributed by atoms with van der Waals surface area (Å²) in [5.41, 5.74) is 3.15.